The van der Waals surface area contributed by atoms with Gasteiger partial charge in [-0.25, -0.2) is 4.98 Å². The Labute approximate surface area is 94.1 Å². The molecule has 0 saturated heterocycles. The highest BCUT2D eigenvalue weighted by molar-refractivity contribution is 5.69. The topological polar surface area (TPSA) is 61.2 Å². The molecule has 0 saturated carbocycles. The molecule has 0 aliphatic carbocycles. The van der Waals surface area contributed by atoms with Gasteiger partial charge in [0, 0.05) is 11.8 Å². The van der Waals surface area contributed by atoms with E-state index < -0.39 is 5.97 Å². The molecule has 88 valence electrons. The number of esters is 1. The zero-order valence-corrected chi connectivity index (χ0v) is 9.60. The molecule has 0 atom stereocenters. The smallest absolute Gasteiger partial charge is 0.326 e. The number of carbonyl (C=O) groups is 1. The third kappa shape index (κ3) is 3.84. The molecule has 0 unspecified atom stereocenters. The first-order valence-electron chi connectivity index (χ1n) is 5.32. The average molecular weight is 224 g/mol. The number of aromatic nitrogens is 2. The Kier molecular flexibility index (Phi) is 4.69. The van der Waals surface area contributed by atoms with Crippen LogP contribution in [0.4, 0.5) is 0 Å². The van der Waals surface area contributed by atoms with Crippen LogP contribution in [0.2, 0.25) is 0 Å². The summed E-state index contributed by atoms with van der Waals surface area (Å²) in [6.07, 6.45) is 3.17. The maximum atomic E-state index is 11.4. The summed E-state index contributed by atoms with van der Waals surface area (Å²) in [7, 11) is 0. The molecule has 5 heteroatoms. The van der Waals surface area contributed by atoms with Gasteiger partial charge in [0.2, 0.25) is 0 Å². The molecule has 0 aliphatic rings. The van der Waals surface area contributed by atoms with E-state index in [1.807, 2.05) is 6.92 Å². The molecule has 0 amide bonds. The Morgan fingerprint density at radius 1 is 1.56 bits per heavy atom. The predicted octanol–water partition coefficient (Wildman–Crippen LogP) is 0.895. The fourth-order valence-electron chi connectivity index (χ4n) is 1.15. The maximum Gasteiger partial charge on any atom is 0.326 e. The van der Waals surface area contributed by atoms with Crippen molar-refractivity contribution in [3.8, 4) is 0 Å². The molecule has 1 aromatic rings. The summed E-state index contributed by atoms with van der Waals surface area (Å²) in [5.41, 5.74) is 0.403. The van der Waals surface area contributed by atoms with E-state index in [1.165, 1.54) is 17.0 Å². The Hall–Kier alpha value is -1.65. The van der Waals surface area contributed by atoms with Gasteiger partial charge >= 0.3 is 5.97 Å². The van der Waals surface area contributed by atoms with Gasteiger partial charge in [0.15, 0.2) is 0 Å². The molecule has 16 heavy (non-hydrogen) atoms. The van der Waals surface area contributed by atoms with Crippen molar-refractivity contribution in [2.24, 2.45) is 0 Å². The molecular formula is C11H16N2O3. The first kappa shape index (κ1) is 12.4. The molecule has 0 aromatic carbocycles. The van der Waals surface area contributed by atoms with Crippen LogP contribution < -0.4 is 5.56 Å². The Morgan fingerprint density at radius 2 is 2.31 bits per heavy atom. The molecular weight excluding hydrogens is 208 g/mol. The van der Waals surface area contributed by atoms with Crippen LogP contribution in [0.25, 0.3) is 0 Å². The van der Waals surface area contributed by atoms with Crippen LogP contribution in [0.1, 0.15) is 25.5 Å². The monoisotopic (exact) mass is 224 g/mol. The number of unbranched alkanes of at least 4 members (excludes halogenated alkanes) is 1. The van der Waals surface area contributed by atoms with Crippen molar-refractivity contribution in [1.29, 1.82) is 0 Å². The van der Waals surface area contributed by atoms with Crippen LogP contribution >= 0.6 is 0 Å². The molecule has 0 aliphatic heterocycles. The first-order chi connectivity index (χ1) is 7.63. The second-order valence-electron chi connectivity index (χ2n) is 3.57. The van der Waals surface area contributed by atoms with Gasteiger partial charge in [-0.15, -0.1) is 0 Å². The molecule has 0 bridgehead atoms. The van der Waals surface area contributed by atoms with Crippen molar-refractivity contribution in [2.45, 2.75) is 33.2 Å². The number of hydrogen-bond donors (Lipinski definition) is 0. The number of hydrogen-bond acceptors (Lipinski definition) is 4. The molecule has 0 fully saturated rings. The highest BCUT2D eigenvalue weighted by Gasteiger charge is 2.05. The quantitative estimate of drug-likeness (QED) is 0.550. The second kappa shape index (κ2) is 6.05. The van der Waals surface area contributed by atoms with Crippen molar-refractivity contribution in [3.05, 3.63) is 28.4 Å². The lowest BCUT2D eigenvalue weighted by molar-refractivity contribution is -0.144. The molecule has 5 nitrogen and oxygen atoms in total. The fraction of sp³-hybridized carbons (Fsp3) is 0.545. The number of carbonyl (C=O) groups excluding carboxylic acids is 1. The summed E-state index contributed by atoms with van der Waals surface area (Å²) >= 11 is 0. The molecule has 1 heterocycles. The summed E-state index contributed by atoms with van der Waals surface area (Å²) in [5.74, 6) is -0.402. The maximum absolute atomic E-state index is 11.4. The third-order valence-electron chi connectivity index (χ3n) is 2.08. The minimum Gasteiger partial charge on any atom is -0.464 e. The van der Waals surface area contributed by atoms with Crippen LogP contribution in [0.5, 0.6) is 0 Å². The Balaban J connectivity index is 2.53. The highest BCUT2D eigenvalue weighted by Crippen LogP contribution is 1.91. The SMILES string of the molecule is CCCCOC(=O)Cn1cnc(C)cc1=O. The summed E-state index contributed by atoms with van der Waals surface area (Å²) in [6, 6.07) is 1.39. The minimum absolute atomic E-state index is 0.0736. The van der Waals surface area contributed by atoms with Crippen molar-refractivity contribution in [1.82, 2.24) is 9.55 Å². The lowest BCUT2D eigenvalue weighted by Crippen LogP contribution is -2.25. The van der Waals surface area contributed by atoms with E-state index >= 15 is 0 Å². The number of nitrogens with zero attached hydrogens (tertiary/aromatic N) is 2. The van der Waals surface area contributed by atoms with Gasteiger partial charge in [-0.1, -0.05) is 13.3 Å². The van der Waals surface area contributed by atoms with Crippen molar-refractivity contribution < 1.29 is 9.53 Å². The van der Waals surface area contributed by atoms with Crippen LogP contribution in [-0.2, 0) is 16.1 Å². The van der Waals surface area contributed by atoms with E-state index in [4.69, 9.17) is 4.74 Å². The average Bonchev–Trinajstić information content (AvgIpc) is 2.23. The Bertz CT molecular complexity index is 412. The summed E-state index contributed by atoms with van der Waals surface area (Å²) in [4.78, 5) is 26.7. The highest BCUT2D eigenvalue weighted by atomic mass is 16.5. The number of rotatable bonds is 5. The van der Waals surface area contributed by atoms with E-state index in [2.05, 4.69) is 4.98 Å². The Morgan fingerprint density at radius 3 is 2.94 bits per heavy atom. The summed E-state index contributed by atoms with van der Waals surface area (Å²) < 4.78 is 6.18. The summed E-state index contributed by atoms with van der Waals surface area (Å²) in [5, 5.41) is 0. The zero-order chi connectivity index (χ0) is 12.0. The number of ether oxygens (including phenoxy) is 1. The number of aryl methyl sites for hydroxylation is 1. The van der Waals surface area contributed by atoms with E-state index in [-0.39, 0.29) is 12.1 Å². The van der Waals surface area contributed by atoms with Gasteiger partial charge in [-0.2, -0.15) is 0 Å². The van der Waals surface area contributed by atoms with Gasteiger partial charge < -0.3 is 4.74 Å². The van der Waals surface area contributed by atoms with E-state index in [0.717, 1.165) is 12.8 Å². The minimum atomic E-state index is -0.402. The van der Waals surface area contributed by atoms with Crippen molar-refractivity contribution in [2.75, 3.05) is 6.61 Å². The van der Waals surface area contributed by atoms with Gasteiger partial charge in [0.1, 0.15) is 6.54 Å². The lowest BCUT2D eigenvalue weighted by atomic mass is 10.4. The van der Waals surface area contributed by atoms with E-state index in [9.17, 15) is 9.59 Å². The van der Waals surface area contributed by atoms with Crippen molar-refractivity contribution >= 4 is 5.97 Å². The molecule has 1 aromatic heterocycles. The second-order valence-corrected chi connectivity index (χ2v) is 3.57. The van der Waals surface area contributed by atoms with Crippen LogP contribution in [0.15, 0.2) is 17.2 Å². The van der Waals surface area contributed by atoms with Gasteiger partial charge in [-0.3, -0.25) is 14.2 Å². The van der Waals surface area contributed by atoms with Gasteiger partial charge in [0.25, 0.3) is 5.56 Å². The standard InChI is InChI=1S/C11H16N2O3/c1-3-4-5-16-11(15)7-13-8-12-9(2)6-10(13)14/h6,8H,3-5,7H2,1-2H3. The molecule has 0 spiro atoms. The van der Waals surface area contributed by atoms with E-state index in [0.29, 0.717) is 12.3 Å². The molecule has 0 N–H and O–H groups in total. The molecule has 0 radical (unpaired) electrons. The third-order valence-corrected chi connectivity index (χ3v) is 2.08. The van der Waals surface area contributed by atoms with Crippen LogP contribution in [0.3, 0.4) is 0 Å². The largest absolute Gasteiger partial charge is 0.464 e. The van der Waals surface area contributed by atoms with Crippen molar-refractivity contribution in [3.63, 3.8) is 0 Å². The fourth-order valence-corrected chi connectivity index (χ4v) is 1.15. The zero-order valence-electron chi connectivity index (χ0n) is 9.60. The van der Waals surface area contributed by atoms with Gasteiger partial charge in [-0.05, 0) is 13.3 Å². The van der Waals surface area contributed by atoms with E-state index in [1.54, 1.807) is 6.92 Å². The summed E-state index contributed by atoms with van der Waals surface area (Å²) in [6.45, 7) is 4.08. The normalized spacial score (nSPS) is 10.1. The predicted molar refractivity (Wildman–Crippen MR) is 59.1 cm³/mol. The lowest BCUT2D eigenvalue weighted by Gasteiger charge is -2.05. The van der Waals surface area contributed by atoms with Crippen LogP contribution in [-0.4, -0.2) is 22.1 Å². The first-order valence-corrected chi connectivity index (χ1v) is 5.32. The van der Waals surface area contributed by atoms with Gasteiger partial charge in [0.05, 0.1) is 12.9 Å². The van der Waals surface area contributed by atoms with Crippen LogP contribution in [0, 0.1) is 6.92 Å². The molecule has 1 rings (SSSR count).